The van der Waals surface area contributed by atoms with Crippen molar-refractivity contribution in [2.24, 2.45) is 22.9 Å². The van der Waals surface area contributed by atoms with Crippen molar-refractivity contribution < 1.29 is 47.2 Å². The second-order valence-corrected chi connectivity index (χ2v) is 19.0. The third kappa shape index (κ3) is 10.3. The van der Waals surface area contributed by atoms with Crippen molar-refractivity contribution in [2.45, 2.75) is 114 Å². The number of benzene rings is 2. The maximum absolute atomic E-state index is 14.9. The van der Waals surface area contributed by atoms with Crippen LogP contribution in [-0.4, -0.2) is 91.1 Å². The van der Waals surface area contributed by atoms with E-state index in [1.165, 1.54) is 23.4 Å². The van der Waals surface area contributed by atoms with Crippen molar-refractivity contribution in [1.82, 2.24) is 9.29 Å². The van der Waals surface area contributed by atoms with Gasteiger partial charge in [0.05, 0.1) is 41.5 Å². The predicted molar refractivity (Wildman–Crippen MR) is 239 cm³/mol. The summed E-state index contributed by atoms with van der Waals surface area (Å²) in [5, 5.41) is 27.4. The number of allylic oxidation sites excluding steroid dienone is 1. The Kier molecular flexibility index (Phi) is 15.4. The van der Waals surface area contributed by atoms with Crippen molar-refractivity contribution in [3.8, 4) is 11.5 Å². The fourth-order valence-electron chi connectivity index (χ4n) is 9.79. The Morgan fingerprint density at radius 3 is 2.54 bits per heavy atom. The molecule has 4 aliphatic rings. The highest BCUT2D eigenvalue weighted by atomic mass is 32.2. The first-order valence-corrected chi connectivity index (χ1v) is 23.7. The van der Waals surface area contributed by atoms with E-state index >= 15 is 0 Å². The van der Waals surface area contributed by atoms with Gasteiger partial charge in [-0.15, -0.1) is 6.58 Å². The zero-order chi connectivity index (χ0) is 44.6. The van der Waals surface area contributed by atoms with E-state index < -0.39 is 34.1 Å². The number of hydrogen-bond donors (Lipinski definition) is 3. The molecule has 1 aromatic heterocycles. The number of amides is 1. The number of pyridine rings is 1. The van der Waals surface area contributed by atoms with Gasteiger partial charge in [0, 0.05) is 62.9 Å². The normalized spacial score (nSPS) is 25.9. The molecule has 1 saturated carbocycles. The third-order valence-electron chi connectivity index (χ3n) is 12.7. The van der Waals surface area contributed by atoms with E-state index in [-0.39, 0.29) is 61.4 Å². The maximum atomic E-state index is 14.9. The molecule has 1 amide bonds. The number of aromatic nitrogens is 1. The summed E-state index contributed by atoms with van der Waals surface area (Å²) in [5.41, 5.74) is 4.49. The molecule has 7 atom stereocenters. The topological polar surface area (TPSA) is 178 Å². The van der Waals surface area contributed by atoms with Gasteiger partial charge in [-0.2, -0.15) is 4.31 Å². The van der Waals surface area contributed by atoms with E-state index in [1.807, 2.05) is 43.3 Å². The van der Waals surface area contributed by atoms with Crippen LogP contribution in [0.1, 0.15) is 94.0 Å². The molecule has 0 bridgehead atoms. The van der Waals surface area contributed by atoms with Gasteiger partial charge in [-0.1, -0.05) is 36.2 Å². The molecule has 0 spiro atoms. The Bertz CT molecular complexity index is 2230. The fraction of sp³-hybridized carbons (Fsp3) is 0.521. The third-order valence-corrected chi connectivity index (χ3v) is 14.6. The highest BCUT2D eigenvalue weighted by Gasteiger charge is 2.65. The van der Waals surface area contributed by atoms with E-state index in [2.05, 4.69) is 23.0 Å². The number of aliphatic hydroxyl groups excluding tert-OH is 2. The average molecular weight is 887 g/mol. The lowest BCUT2D eigenvalue weighted by Crippen LogP contribution is -2.69. The van der Waals surface area contributed by atoms with E-state index in [9.17, 15) is 23.4 Å². The number of aliphatic hydroxyl groups is 2. The first kappa shape index (κ1) is 46.4. The number of unbranched alkanes of at least 4 members (excludes halogenated alkanes) is 2. The highest BCUT2D eigenvalue weighted by molar-refractivity contribution is 7.89. The van der Waals surface area contributed by atoms with Gasteiger partial charge in [-0.3, -0.25) is 9.78 Å². The van der Waals surface area contributed by atoms with Crippen molar-refractivity contribution in [2.75, 3.05) is 38.8 Å². The Labute approximate surface area is 371 Å². The van der Waals surface area contributed by atoms with Crippen LogP contribution in [-0.2, 0) is 35.7 Å². The largest absolute Gasteiger partial charge is 0.487 e. The van der Waals surface area contributed by atoms with Crippen molar-refractivity contribution in [1.29, 1.82) is 0 Å². The molecule has 3 N–H and O–H groups in total. The fourth-order valence-corrected chi connectivity index (χ4v) is 11.2. The van der Waals surface area contributed by atoms with Crippen LogP contribution in [0.4, 0.5) is 5.69 Å². The second-order valence-electron chi connectivity index (χ2n) is 17.0. The summed E-state index contributed by atoms with van der Waals surface area (Å²) in [7, 11) is -2.70. The van der Waals surface area contributed by atoms with E-state index in [1.54, 1.807) is 25.3 Å². The van der Waals surface area contributed by atoms with Gasteiger partial charge in [0.2, 0.25) is 28.0 Å². The average Bonchev–Trinajstić information content (AvgIpc) is 3.28. The number of carbonyl (C=O) groups is 1. The molecule has 7 rings (SSSR count). The number of aryl methyl sites for hydroxylation is 1. The van der Waals surface area contributed by atoms with E-state index in [0.29, 0.717) is 48.8 Å². The quantitative estimate of drug-likeness (QED) is 0.0585. The van der Waals surface area contributed by atoms with E-state index in [0.717, 1.165) is 61.0 Å². The van der Waals surface area contributed by atoms with Crippen LogP contribution < -0.4 is 14.8 Å². The smallest absolute Gasteiger partial charge is 0.243 e. The number of ether oxygens (including phenoxy) is 4. The predicted octanol–water partition coefficient (Wildman–Crippen LogP) is 7.41. The van der Waals surface area contributed by atoms with Crippen LogP contribution in [0.5, 0.6) is 11.5 Å². The summed E-state index contributed by atoms with van der Waals surface area (Å²) >= 11 is 0. The number of nitrogens with zero attached hydrogens (tertiary/aromatic N) is 3. The number of rotatable bonds is 20. The van der Waals surface area contributed by atoms with Crippen molar-refractivity contribution in [3.63, 3.8) is 0 Å². The summed E-state index contributed by atoms with van der Waals surface area (Å²) in [6.45, 7) is 8.33. The zero-order valence-corrected chi connectivity index (χ0v) is 37.4. The molecule has 1 unspecified atom stereocenters. The lowest BCUT2D eigenvalue weighted by Gasteiger charge is -2.59. The van der Waals surface area contributed by atoms with Gasteiger partial charge >= 0.3 is 0 Å². The van der Waals surface area contributed by atoms with Crippen LogP contribution in [0.25, 0.3) is 0 Å². The zero-order valence-electron chi connectivity index (χ0n) is 36.6. The Morgan fingerprint density at radius 1 is 1.06 bits per heavy atom. The molecule has 2 aliphatic heterocycles. The Hall–Kier alpha value is -4.64. The van der Waals surface area contributed by atoms with Crippen molar-refractivity contribution in [3.05, 3.63) is 102 Å². The standard InChI is InChI=1S/C48H62N4O10S/c1-5-26-60-48-44(52(4)63(56,57)38-21-18-35(19-22-38)50-33(3)55)30-42(51-62-45-17-8-11-27-58-45)40-28-34(14-6-9-24-53)39(16-7-10-25-54)46(47(40)48)41-29-37(20-23-43(41)61-48)59-31-36-15-12-13-32(2)49-36/h5,12-13,15,18-23,28-29,34,39,44-47,53-54H,1,6-11,14,16-17,24-27,30-31H2,2-4H3,(H,50,55)/t34-,39+,44-,45?,46+,47+,48+/m0/s1. The monoisotopic (exact) mass is 886 g/mol. The highest BCUT2D eigenvalue weighted by Crippen LogP contribution is 2.62. The van der Waals surface area contributed by atoms with E-state index in [4.69, 9.17) is 28.9 Å². The lowest BCUT2D eigenvalue weighted by molar-refractivity contribution is -0.250. The molecular formula is C48H62N4O10S. The summed E-state index contributed by atoms with van der Waals surface area (Å²) in [4.78, 5) is 22.6. The number of sulfonamides is 1. The summed E-state index contributed by atoms with van der Waals surface area (Å²) in [6.07, 6.45) is 10.3. The Balaban J connectivity index is 1.41. The molecule has 340 valence electrons. The molecule has 14 nitrogen and oxygen atoms in total. The summed E-state index contributed by atoms with van der Waals surface area (Å²) in [6, 6.07) is 16.7. The number of nitrogens with one attached hydrogen (secondary N) is 1. The minimum atomic E-state index is -4.24. The number of carbonyl (C=O) groups excluding carboxylic acids is 1. The first-order valence-electron chi connectivity index (χ1n) is 22.3. The number of anilines is 1. The lowest BCUT2D eigenvalue weighted by atomic mass is 9.55. The molecule has 3 aromatic rings. The first-order chi connectivity index (χ1) is 30.5. The maximum Gasteiger partial charge on any atom is 0.243 e. The number of oxime groups is 1. The van der Waals surface area contributed by atoms with Gasteiger partial charge in [0.1, 0.15) is 18.1 Å². The number of hydrogen-bond acceptors (Lipinski definition) is 12. The SMILES string of the molecule is C=CCO[C@@]12Oc3ccc(OCc4cccc(C)n4)cc3[C@H]3[C@H](CCCCO)[C@@H](CCCCO)C=C(C(=NOC4CCCCO4)C[C@@H]1N(C)S(=O)(=O)c1ccc(NC(C)=O)cc1)[C@H]32. The summed E-state index contributed by atoms with van der Waals surface area (Å²) in [5.74, 6) is -1.58. The minimum Gasteiger partial charge on any atom is -0.487 e. The molecular weight excluding hydrogens is 825 g/mol. The number of fused-ring (bicyclic) bond motifs is 2. The van der Waals surface area contributed by atoms with Crippen LogP contribution in [0.15, 0.2) is 95.0 Å². The molecule has 63 heavy (non-hydrogen) atoms. The van der Waals surface area contributed by atoms with Crippen LogP contribution >= 0.6 is 0 Å². The molecule has 1 saturated heterocycles. The molecule has 2 aromatic carbocycles. The molecule has 0 radical (unpaired) electrons. The van der Waals surface area contributed by atoms with Gasteiger partial charge in [-0.05, 0) is 117 Å². The van der Waals surface area contributed by atoms with Crippen LogP contribution in [0, 0.1) is 24.7 Å². The minimum absolute atomic E-state index is 0.0159. The number of likely N-dealkylation sites (N-methyl/N-ethyl adjacent to an activating group) is 1. The van der Waals surface area contributed by atoms with Gasteiger partial charge in [-0.25, -0.2) is 8.42 Å². The second kappa shape index (κ2) is 20.9. The summed E-state index contributed by atoms with van der Waals surface area (Å²) < 4.78 is 57.7. The van der Waals surface area contributed by atoms with Gasteiger partial charge in [0.25, 0.3) is 0 Å². The Morgan fingerprint density at radius 2 is 1.84 bits per heavy atom. The van der Waals surface area contributed by atoms with Crippen molar-refractivity contribution >= 4 is 27.3 Å². The molecule has 15 heteroatoms. The molecule has 2 aliphatic carbocycles. The van der Waals surface area contributed by atoms with Crippen LogP contribution in [0.3, 0.4) is 0 Å². The van der Waals surface area contributed by atoms with Gasteiger partial charge < -0.3 is 39.3 Å². The molecule has 2 fully saturated rings. The van der Waals surface area contributed by atoms with Crippen LogP contribution in [0.2, 0.25) is 0 Å². The molecule has 3 heterocycles. The van der Waals surface area contributed by atoms with Gasteiger partial charge in [0.15, 0.2) is 0 Å².